The normalized spacial score (nSPS) is 20.2. The molecule has 5 heterocycles. The lowest BCUT2D eigenvalue weighted by Gasteiger charge is -2.35. The summed E-state index contributed by atoms with van der Waals surface area (Å²) >= 11 is 0. The summed E-state index contributed by atoms with van der Waals surface area (Å²) in [6.45, 7) is 3.32. The molecule has 13 heteroatoms. The Hall–Kier alpha value is -4.39. The molecule has 11 nitrogen and oxygen atoms in total. The van der Waals surface area contributed by atoms with Crippen LogP contribution in [-0.2, 0) is 21.2 Å². The number of pyridine rings is 1. The van der Waals surface area contributed by atoms with E-state index < -0.39 is 27.7 Å². The average Bonchev–Trinajstić information content (AvgIpc) is 3.54. The van der Waals surface area contributed by atoms with Crippen molar-refractivity contribution in [3.8, 4) is 11.3 Å². The maximum absolute atomic E-state index is 15.5. The number of amides is 2. The molecule has 0 bridgehead atoms. The largest absolute Gasteiger partial charge is 0.356 e. The van der Waals surface area contributed by atoms with Gasteiger partial charge in [0.05, 0.1) is 29.5 Å². The van der Waals surface area contributed by atoms with E-state index in [9.17, 15) is 18.0 Å². The first-order valence-corrected chi connectivity index (χ1v) is 16.7. The van der Waals surface area contributed by atoms with Gasteiger partial charge in [-0.1, -0.05) is 24.3 Å². The maximum atomic E-state index is 15.5. The molecule has 4 aromatic rings. The van der Waals surface area contributed by atoms with Crippen LogP contribution in [0.4, 0.5) is 10.2 Å². The van der Waals surface area contributed by atoms with Gasteiger partial charge in [-0.3, -0.25) is 14.3 Å². The highest BCUT2D eigenvalue weighted by Gasteiger charge is 2.33. The lowest BCUT2D eigenvalue weighted by atomic mass is 9.93. The van der Waals surface area contributed by atoms with Crippen molar-refractivity contribution >= 4 is 33.3 Å². The van der Waals surface area contributed by atoms with Crippen molar-refractivity contribution in [2.45, 2.75) is 44.6 Å². The first-order chi connectivity index (χ1) is 21.1. The van der Waals surface area contributed by atoms with Crippen LogP contribution in [0.5, 0.6) is 0 Å². The van der Waals surface area contributed by atoms with Crippen LogP contribution in [0.15, 0.2) is 48.7 Å². The molecular formula is C31H32FN7O4S. The van der Waals surface area contributed by atoms with Gasteiger partial charge in [-0.15, -0.1) is 0 Å². The van der Waals surface area contributed by atoms with Crippen molar-refractivity contribution in [2.24, 2.45) is 5.92 Å². The van der Waals surface area contributed by atoms with Gasteiger partial charge < -0.3 is 9.80 Å². The van der Waals surface area contributed by atoms with Crippen LogP contribution in [0.25, 0.3) is 16.9 Å². The van der Waals surface area contributed by atoms with E-state index in [2.05, 4.69) is 22.2 Å². The zero-order chi connectivity index (χ0) is 30.7. The summed E-state index contributed by atoms with van der Waals surface area (Å²) in [5, 5.41) is 4.69. The predicted octanol–water partition coefficient (Wildman–Crippen LogP) is 3.47. The van der Waals surface area contributed by atoms with E-state index in [4.69, 9.17) is 4.98 Å². The fourth-order valence-electron chi connectivity index (χ4n) is 6.34. The molecule has 3 aliphatic rings. The number of halogens is 1. The average molecular weight is 618 g/mol. The van der Waals surface area contributed by atoms with Crippen LogP contribution >= 0.6 is 0 Å². The van der Waals surface area contributed by atoms with Crippen LogP contribution in [0, 0.1) is 11.7 Å². The highest BCUT2D eigenvalue weighted by molar-refractivity contribution is 7.89. The molecule has 1 N–H and O–H groups in total. The van der Waals surface area contributed by atoms with E-state index in [-0.39, 0.29) is 30.0 Å². The molecule has 0 radical (unpaired) electrons. The lowest BCUT2D eigenvalue weighted by molar-refractivity contribution is -0.122. The third kappa shape index (κ3) is 5.29. The number of sulfonamides is 1. The standard InChI is InChI=1S/C31H32FN7O4S/c1-18-22-6-4-3-5-19(22)10-12-38(18)31(41)26-14-27(20-7-8-20)39-29(34-26)15-25(35-39)23-16-33-28(13-24(23)32)37-11-9-21(17-37)30(40)36-44(2,42)43/h3-6,13-16,18,20-21H,7-12,17H2,1-2H3,(H,36,40)/t18-,21+/m1/s1. The zero-order valence-electron chi connectivity index (χ0n) is 24.4. The number of hydrogen-bond acceptors (Lipinski definition) is 8. The fourth-order valence-corrected chi connectivity index (χ4v) is 6.87. The fraction of sp³-hybridized carbons (Fsp3) is 0.387. The first kappa shape index (κ1) is 28.4. The molecule has 7 rings (SSSR count). The Morgan fingerprint density at radius 2 is 1.86 bits per heavy atom. The number of anilines is 1. The van der Waals surface area contributed by atoms with Crippen molar-refractivity contribution in [3.63, 3.8) is 0 Å². The minimum absolute atomic E-state index is 0.0750. The van der Waals surface area contributed by atoms with E-state index in [1.807, 2.05) is 34.7 Å². The lowest BCUT2D eigenvalue weighted by Crippen LogP contribution is -2.39. The first-order valence-electron chi connectivity index (χ1n) is 14.8. The Kier molecular flexibility index (Phi) is 6.87. The van der Waals surface area contributed by atoms with Crippen LogP contribution in [0.3, 0.4) is 0 Å². The van der Waals surface area contributed by atoms with Gasteiger partial charge in [0.2, 0.25) is 15.9 Å². The van der Waals surface area contributed by atoms with Gasteiger partial charge in [-0.25, -0.2) is 27.3 Å². The molecule has 2 fully saturated rings. The Balaban J connectivity index is 1.15. The summed E-state index contributed by atoms with van der Waals surface area (Å²) in [5.41, 5.74) is 4.67. The van der Waals surface area contributed by atoms with Crippen molar-refractivity contribution < 1.29 is 22.4 Å². The highest BCUT2D eigenvalue weighted by Crippen LogP contribution is 2.41. The van der Waals surface area contributed by atoms with Gasteiger partial charge in [0.25, 0.3) is 5.91 Å². The number of nitrogens with one attached hydrogen (secondary N) is 1. The second-order valence-corrected chi connectivity index (χ2v) is 13.7. The van der Waals surface area contributed by atoms with Crippen LogP contribution < -0.4 is 9.62 Å². The number of carbonyl (C=O) groups excluding carboxylic acids is 2. The zero-order valence-corrected chi connectivity index (χ0v) is 25.2. The van der Waals surface area contributed by atoms with Crippen LogP contribution in [0.1, 0.15) is 65.5 Å². The Morgan fingerprint density at radius 3 is 2.61 bits per heavy atom. The molecule has 1 saturated heterocycles. The molecule has 1 aromatic carbocycles. The minimum atomic E-state index is -3.66. The monoisotopic (exact) mass is 617 g/mol. The third-order valence-corrected chi connectivity index (χ3v) is 9.38. The Bertz CT molecular complexity index is 1920. The van der Waals surface area contributed by atoms with Crippen molar-refractivity contribution in [3.05, 3.63) is 77.0 Å². The smallest absolute Gasteiger partial charge is 0.273 e. The van der Waals surface area contributed by atoms with E-state index in [1.165, 1.54) is 17.8 Å². The summed E-state index contributed by atoms with van der Waals surface area (Å²) < 4.78 is 42.1. The molecule has 1 saturated carbocycles. The summed E-state index contributed by atoms with van der Waals surface area (Å²) in [4.78, 5) is 38.8. The van der Waals surface area contributed by atoms with E-state index in [1.54, 1.807) is 15.5 Å². The van der Waals surface area contributed by atoms with E-state index in [0.29, 0.717) is 42.4 Å². The molecule has 228 valence electrons. The third-order valence-electron chi connectivity index (χ3n) is 8.81. The second kappa shape index (κ2) is 10.7. The molecule has 44 heavy (non-hydrogen) atoms. The molecule has 0 unspecified atom stereocenters. The van der Waals surface area contributed by atoms with E-state index >= 15 is 4.39 Å². The van der Waals surface area contributed by atoms with Gasteiger partial charge in [-0.2, -0.15) is 5.10 Å². The van der Waals surface area contributed by atoms with E-state index in [0.717, 1.165) is 36.8 Å². The van der Waals surface area contributed by atoms with Crippen LogP contribution in [0.2, 0.25) is 0 Å². The highest BCUT2D eigenvalue weighted by atomic mass is 32.2. The summed E-state index contributed by atoms with van der Waals surface area (Å²) in [7, 11) is -3.66. The van der Waals surface area contributed by atoms with Gasteiger partial charge in [0.1, 0.15) is 17.3 Å². The topological polar surface area (TPSA) is 130 Å². The molecular weight excluding hydrogens is 585 g/mol. The minimum Gasteiger partial charge on any atom is -0.356 e. The number of hydrogen-bond donors (Lipinski definition) is 1. The SMILES string of the molecule is C[C@@H]1c2ccccc2CCN1C(=O)c1cc(C2CC2)n2nc(-c3cnc(N4CC[C@H](C(=O)NS(C)(=O)=O)C4)cc3F)cc2n1. The number of nitrogens with zero attached hydrogens (tertiary/aromatic N) is 6. The molecule has 0 spiro atoms. The van der Waals surface area contributed by atoms with Gasteiger partial charge in [0.15, 0.2) is 5.65 Å². The van der Waals surface area contributed by atoms with Crippen molar-refractivity contribution in [2.75, 3.05) is 30.8 Å². The summed E-state index contributed by atoms with van der Waals surface area (Å²) in [6, 6.07) is 12.9. The van der Waals surface area contributed by atoms with Gasteiger partial charge >= 0.3 is 0 Å². The molecule has 2 atom stereocenters. The Morgan fingerprint density at radius 1 is 1.07 bits per heavy atom. The molecule has 3 aromatic heterocycles. The molecule has 2 amide bonds. The maximum Gasteiger partial charge on any atom is 0.273 e. The van der Waals surface area contributed by atoms with Gasteiger partial charge in [0, 0.05) is 49.6 Å². The summed E-state index contributed by atoms with van der Waals surface area (Å²) in [5.74, 6) is -1.18. The number of carbonyl (C=O) groups is 2. The quantitative estimate of drug-likeness (QED) is 0.348. The van der Waals surface area contributed by atoms with Crippen molar-refractivity contribution in [1.82, 2.24) is 29.2 Å². The number of benzene rings is 1. The Labute approximate surface area is 254 Å². The second-order valence-electron chi connectivity index (χ2n) is 12.0. The summed E-state index contributed by atoms with van der Waals surface area (Å²) in [6.07, 6.45) is 5.53. The van der Waals surface area contributed by atoms with Crippen LogP contribution in [-0.4, -0.2) is 70.6 Å². The molecule has 2 aliphatic heterocycles. The molecule has 1 aliphatic carbocycles. The predicted molar refractivity (Wildman–Crippen MR) is 161 cm³/mol. The van der Waals surface area contributed by atoms with Gasteiger partial charge in [-0.05, 0) is 49.8 Å². The van der Waals surface area contributed by atoms with Crippen molar-refractivity contribution in [1.29, 1.82) is 0 Å². The number of rotatable bonds is 6. The number of fused-ring (bicyclic) bond motifs is 2. The number of aromatic nitrogens is 4.